The van der Waals surface area contributed by atoms with E-state index >= 15 is 0 Å². The summed E-state index contributed by atoms with van der Waals surface area (Å²) in [5.74, 6) is -0.425. The van der Waals surface area contributed by atoms with E-state index in [1.165, 1.54) is 148 Å². The highest BCUT2D eigenvalue weighted by molar-refractivity contribution is 5.70. The van der Waals surface area contributed by atoms with Crippen molar-refractivity contribution >= 4 is 11.9 Å². The molecule has 0 aromatic rings. The molecule has 0 N–H and O–H groups in total. The van der Waals surface area contributed by atoms with Gasteiger partial charge in [-0.05, 0) is 116 Å². The third-order valence-corrected chi connectivity index (χ3v) is 11.7. The fraction of sp³-hybridized carbons (Fsp3) is 0.763. The molecule has 1 atom stereocenters. The highest BCUT2D eigenvalue weighted by atomic mass is 16.6. The predicted molar refractivity (Wildman–Crippen MR) is 279 cm³/mol. The zero-order valence-corrected chi connectivity index (χ0v) is 42.5. The minimum absolute atomic E-state index is 0.0691. The molecule has 0 saturated carbocycles. The molecule has 0 radical (unpaired) electrons. The molecule has 0 aromatic heterocycles. The summed E-state index contributed by atoms with van der Waals surface area (Å²) in [4.78, 5) is 25.4. The van der Waals surface area contributed by atoms with Gasteiger partial charge in [-0.3, -0.25) is 9.59 Å². The van der Waals surface area contributed by atoms with Crippen molar-refractivity contribution < 1.29 is 23.8 Å². The smallest absolute Gasteiger partial charge is 0.306 e. The molecule has 0 aliphatic carbocycles. The van der Waals surface area contributed by atoms with Gasteiger partial charge in [0.2, 0.25) is 0 Å². The molecular formula is C59H104O5. The highest BCUT2D eigenvalue weighted by Crippen LogP contribution is 2.14. The first kappa shape index (κ1) is 61.3. The van der Waals surface area contributed by atoms with Crippen LogP contribution in [0.15, 0.2) is 72.9 Å². The van der Waals surface area contributed by atoms with Gasteiger partial charge in [0, 0.05) is 19.4 Å². The van der Waals surface area contributed by atoms with Crippen LogP contribution < -0.4 is 0 Å². The number of unbranched alkanes of at least 4 members (excludes halogenated alkanes) is 27. The van der Waals surface area contributed by atoms with Crippen molar-refractivity contribution in [2.75, 3.05) is 19.8 Å². The van der Waals surface area contributed by atoms with Crippen LogP contribution in [-0.4, -0.2) is 37.9 Å². The number of allylic oxidation sites excluding steroid dienone is 12. The molecule has 370 valence electrons. The van der Waals surface area contributed by atoms with Crippen molar-refractivity contribution in [3.05, 3.63) is 72.9 Å². The Morgan fingerprint density at radius 1 is 0.344 bits per heavy atom. The molecule has 0 aliphatic rings. The lowest BCUT2D eigenvalue weighted by Gasteiger charge is -2.18. The maximum Gasteiger partial charge on any atom is 0.306 e. The minimum Gasteiger partial charge on any atom is -0.462 e. The lowest BCUT2D eigenvalue weighted by molar-refractivity contribution is -0.163. The van der Waals surface area contributed by atoms with E-state index in [1.54, 1.807) is 0 Å². The molecule has 1 unspecified atom stereocenters. The lowest BCUT2D eigenvalue weighted by Crippen LogP contribution is -2.30. The molecule has 0 rings (SSSR count). The van der Waals surface area contributed by atoms with E-state index in [4.69, 9.17) is 14.2 Å². The largest absolute Gasteiger partial charge is 0.462 e. The Labute approximate surface area is 397 Å². The molecule has 64 heavy (non-hydrogen) atoms. The van der Waals surface area contributed by atoms with Gasteiger partial charge in [0.1, 0.15) is 6.61 Å². The molecule has 0 aromatic carbocycles. The summed E-state index contributed by atoms with van der Waals surface area (Å²) in [5, 5.41) is 0. The van der Waals surface area contributed by atoms with E-state index in [0.717, 1.165) is 83.5 Å². The van der Waals surface area contributed by atoms with Gasteiger partial charge in [0.25, 0.3) is 0 Å². The number of esters is 2. The van der Waals surface area contributed by atoms with Gasteiger partial charge in [-0.1, -0.05) is 209 Å². The summed E-state index contributed by atoms with van der Waals surface area (Å²) >= 11 is 0. The fourth-order valence-electron chi connectivity index (χ4n) is 7.54. The molecule has 0 aliphatic heterocycles. The first-order valence-electron chi connectivity index (χ1n) is 27.5. The molecule has 0 fully saturated rings. The Kier molecular flexibility index (Phi) is 52.4. The van der Waals surface area contributed by atoms with E-state index in [-0.39, 0.29) is 25.2 Å². The summed E-state index contributed by atoms with van der Waals surface area (Å²) in [6.45, 7) is 7.73. The van der Waals surface area contributed by atoms with Crippen molar-refractivity contribution in [2.24, 2.45) is 0 Å². The van der Waals surface area contributed by atoms with Crippen LogP contribution in [0.2, 0.25) is 0 Å². The van der Waals surface area contributed by atoms with E-state index in [1.807, 2.05) is 0 Å². The SMILES string of the molecule is CCCCC/C=C\C/C=C\C/C=C\CCCCCCCCCOCC(COC(=O)CCCCCCC/C=C\C/C=C\CCCCC)OC(=O)CCCCCCC/C=C\CCCCCC. The highest BCUT2D eigenvalue weighted by Gasteiger charge is 2.17. The van der Waals surface area contributed by atoms with E-state index in [0.29, 0.717) is 19.4 Å². The molecular weight excluding hydrogens is 789 g/mol. The topological polar surface area (TPSA) is 61.8 Å². The molecule has 0 bridgehead atoms. The van der Waals surface area contributed by atoms with Gasteiger partial charge in [-0.2, -0.15) is 0 Å². The van der Waals surface area contributed by atoms with Crippen molar-refractivity contribution in [1.29, 1.82) is 0 Å². The second kappa shape index (κ2) is 54.7. The summed E-state index contributed by atoms with van der Waals surface area (Å²) in [6.07, 6.45) is 70.5. The van der Waals surface area contributed by atoms with Crippen molar-refractivity contribution in [1.82, 2.24) is 0 Å². The molecule has 0 heterocycles. The standard InChI is InChI=1S/C59H104O5/c1-4-7-10-13-16-19-22-25-27-28-29-30-31-33-36-39-42-45-48-51-54-62-55-57(64-59(61)53-50-47-44-41-38-34-24-21-18-15-12-9-6-3)56-63-58(60)52-49-46-43-40-37-35-32-26-23-20-17-14-11-8-5-2/h16-17,19-21,24-27,29-30,32,57H,4-15,18,22-23,28,31,33-56H2,1-3H3/b19-16-,20-17-,24-21-,27-25-,30-29-,32-26-. The van der Waals surface area contributed by atoms with E-state index in [2.05, 4.69) is 93.7 Å². The maximum atomic E-state index is 12.8. The van der Waals surface area contributed by atoms with Crippen LogP contribution in [-0.2, 0) is 23.8 Å². The Bertz CT molecular complexity index is 1150. The maximum absolute atomic E-state index is 12.8. The van der Waals surface area contributed by atoms with Crippen LogP contribution >= 0.6 is 0 Å². The van der Waals surface area contributed by atoms with Crippen molar-refractivity contribution in [3.63, 3.8) is 0 Å². The van der Waals surface area contributed by atoms with E-state index in [9.17, 15) is 9.59 Å². The second-order valence-electron chi connectivity index (χ2n) is 18.1. The van der Waals surface area contributed by atoms with Crippen LogP contribution in [0, 0.1) is 0 Å². The first-order chi connectivity index (χ1) is 31.6. The average Bonchev–Trinajstić information content (AvgIpc) is 3.30. The third-order valence-electron chi connectivity index (χ3n) is 11.7. The molecule has 0 amide bonds. The van der Waals surface area contributed by atoms with Gasteiger partial charge in [-0.25, -0.2) is 0 Å². The summed E-state index contributed by atoms with van der Waals surface area (Å²) in [7, 11) is 0. The Balaban J connectivity index is 4.30. The van der Waals surface area contributed by atoms with Gasteiger partial charge in [-0.15, -0.1) is 0 Å². The lowest BCUT2D eigenvalue weighted by atomic mass is 10.1. The summed E-state index contributed by atoms with van der Waals surface area (Å²) in [5.41, 5.74) is 0. The first-order valence-corrected chi connectivity index (χ1v) is 27.5. The number of rotatable bonds is 50. The summed E-state index contributed by atoms with van der Waals surface area (Å²) in [6, 6.07) is 0. The van der Waals surface area contributed by atoms with Gasteiger partial charge < -0.3 is 14.2 Å². The van der Waals surface area contributed by atoms with Gasteiger partial charge in [0.15, 0.2) is 6.10 Å². The molecule has 5 nitrogen and oxygen atoms in total. The predicted octanol–water partition coefficient (Wildman–Crippen LogP) is 18.7. The second-order valence-corrected chi connectivity index (χ2v) is 18.1. The molecule has 0 spiro atoms. The van der Waals surface area contributed by atoms with Crippen LogP contribution in [0.3, 0.4) is 0 Å². The van der Waals surface area contributed by atoms with Crippen molar-refractivity contribution in [2.45, 2.75) is 271 Å². The number of carbonyl (C=O) groups is 2. The van der Waals surface area contributed by atoms with E-state index < -0.39 is 6.10 Å². The number of carbonyl (C=O) groups excluding carboxylic acids is 2. The van der Waals surface area contributed by atoms with Gasteiger partial charge in [0.05, 0.1) is 6.61 Å². The summed E-state index contributed by atoms with van der Waals surface area (Å²) < 4.78 is 17.4. The Hall–Kier alpha value is -2.66. The van der Waals surface area contributed by atoms with Crippen LogP contribution in [0.1, 0.15) is 265 Å². The Morgan fingerprint density at radius 3 is 1.09 bits per heavy atom. The Morgan fingerprint density at radius 2 is 0.656 bits per heavy atom. The van der Waals surface area contributed by atoms with Crippen LogP contribution in [0.5, 0.6) is 0 Å². The normalized spacial score (nSPS) is 12.7. The van der Waals surface area contributed by atoms with Crippen LogP contribution in [0.25, 0.3) is 0 Å². The molecule has 0 saturated heterocycles. The minimum atomic E-state index is -0.554. The monoisotopic (exact) mass is 893 g/mol. The molecule has 5 heteroatoms. The van der Waals surface area contributed by atoms with Crippen LogP contribution in [0.4, 0.5) is 0 Å². The number of hydrogen-bond donors (Lipinski definition) is 0. The number of hydrogen-bond acceptors (Lipinski definition) is 5. The fourth-order valence-corrected chi connectivity index (χ4v) is 7.54. The number of ether oxygens (including phenoxy) is 3. The third kappa shape index (κ3) is 52.0. The zero-order chi connectivity index (χ0) is 46.3. The average molecular weight is 893 g/mol. The quantitative estimate of drug-likeness (QED) is 0.0346. The van der Waals surface area contributed by atoms with Crippen molar-refractivity contribution in [3.8, 4) is 0 Å². The zero-order valence-electron chi connectivity index (χ0n) is 42.5. The van der Waals surface area contributed by atoms with Gasteiger partial charge >= 0.3 is 11.9 Å².